The molecule has 134 valence electrons. The smallest absolute Gasteiger partial charge is 0.394 e. The van der Waals surface area contributed by atoms with E-state index in [1.54, 1.807) is 0 Å². The molecule has 0 amide bonds. The lowest BCUT2D eigenvalue weighted by Gasteiger charge is -2.29. The minimum absolute atomic E-state index is 0.103. The monoisotopic (exact) mass is 341 g/mol. The van der Waals surface area contributed by atoms with Crippen LogP contribution in [0, 0.1) is 0 Å². The molecule has 0 aliphatic heterocycles. The predicted octanol–water partition coefficient (Wildman–Crippen LogP) is 0.575. The van der Waals surface area contributed by atoms with E-state index in [0.29, 0.717) is 38.8 Å². The summed E-state index contributed by atoms with van der Waals surface area (Å²) in [6, 6.07) is 0.643. The van der Waals surface area contributed by atoms with Crippen molar-refractivity contribution in [3.63, 3.8) is 0 Å². The highest BCUT2D eigenvalue weighted by Gasteiger charge is 2.39. The Morgan fingerprint density at radius 2 is 1.27 bits per heavy atom. The van der Waals surface area contributed by atoms with E-state index < -0.39 is 8.80 Å². The van der Waals surface area contributed by atoms with E-state index in [4.69, 9.17) is 33.2 Å². The van der Waals surface area contributed by atoms with Crippen LogP contribution in [0.2, 0.25) is 6.04 Å². The molecule has 0 saturated heterocycles. The second-order valence-electron chi connectivity index (χ2n) is 4.26. The van der Waals surface area contributed by atoms with Crippen molar-refractivity contribution in [3.8, 4) is 0 Å². The Balaban J connectivity index is 4.39. The van der Waals surface area contributed by atoms with Crippen LogP contribution in [0.15, 0.2) is 0 Å². The van der Waals surface area contributed by atoms with E-state index >= 15 is 0 Å². The summed E-state index contributed by atoms with van der Waals surface area (Å²) in [6.07, 6.45) is 0.684. The first-order chi connectivity index (χ1) is 10.7. The highest BCUT2D eigenvalue weighted by molar-refractivity contribution is 6.60. The Labute approximate surface area is 134 Å². The summed E-state index contributed by atoms with van der Waals surface area (Å²) in [5, 5.41) is 18.9. The summed E-state index contributed by atoms with van der Waals surface area (Å²) >= 11 is 0. The molecule has 0 aromatic heterocycles. The molecule has 0 radical (unpaired) electrons. The van der Waals surface area contributed by atoms with Gasteiger partial charge in [-0.15, -0.1) is 0 Å². The van der Waals surface area contributed by atoms with Crippen LogP contribution in [0.5, 0.6) is 0 Å². The number of rotatable bonds is 16. The highest BCUT2D eigenvalue weighted by atomic mass is 28.4. The van der Waals surface area contributed by atoms with Gasteiger partial charge in [-0.25, -0.2) is 0 Å². The molecular formula is C13H31NO7Si. The van der Waals surface area contributed by atoms with Crippen LogP contribution < -0.4 is 0 Å². The Morgan fingerprint density at radius 1 is 0.818 bits per heavy atom. The fourth-order valence-corrected chi connectivity index (χ4v) is 4.47. The molecule has 0 fully saturated rings. The molecule has 9 heteroatoms. The average molecular weight is 341 g/mol. The van der Waals surface area contributed by atoms with Crippen LogP contribution in [-0.2, 0) is 23.0 Å². The average Bonchev–Trinajstić information content (AvgIpc) is 2.50. The standard InChI is InChI=1S/C13H31NO7Si/c1-4-19-22(20-5-2,21-6-3)13-7-8-14(17-11-9-15)18-12-10-16/h15-16H,4-13H2,1-3H3. The predicted molar refractivity (Wildman–Crippen MR) is 82.8 cm³/mol. The maximum absolute atomic E-state index is 8.80. The number of hydrogen-bond acceptors (Lipinski definition) is 8. The first kappa shape index (κ1) is 21.9. The van der Waals surface area contributed by atoms with E-state index in [-0.39, 0.29) is 26.4 Å². The van der Waals surface area contributed by atoms with Gasteiger partial charge in [-0.3, -0.25) is 9.68 Å². The fraction of sp³-hybridized carbons (Fsp3) is 1.00. The Bertz CT molecular complexity index is 223. The van der Waals surface area contributed by atoms with Crippen molar-refractivity contribution < 1.29 is 33.2 Å². The molecule has 2 N–H and O–H groups in total. The number of aliphatic hydroxyl groups is 2. The van der Waals surface area contributed by atoms with Gasteiger partial charge in [-0.1, -0.05) is 5.23 Å². The summed E-state index contributed by atoms with van der Waals surface area (Å²) in [6.45, 7) is 7.90. The van der Waals surface area contributed by atoms with E-state index in [1.165, 1.54) is 5.23 Å². The van der Waals surface area contributed by atoms with Gasteiger partial charge in [0.1, 0.15) is 0 Å². The van der Waals surface area contributed by atoms with Gasteiger partial charge in [0.15, 0.2) is 0 Å². The van der Waals surface area contributed by atoms with Crippen LogP contribution in [0.3, 0.4) is 0 Å². The van der Waals surface area contributed by atoms with E-state index in [9.17, 15) is 0 Å². The maximum Gasteiger partial charge on any atom is 0.500 e. The van der Waals surface area contributed by atoms with Crippen LogP contribution in [0.4, 0.5) is 0 Å². The molecule has 0 rings (SSSR count). The van der Waals surface area contributed by atoms with Crippen LogP contribution in [0.1, 0.15) is 27.2 Å². The maximum atomic E-state index is 8.80. The Kier molecular flexibility index (Phi) is 14.4. The molecule has 0 bridgehead atoms. The van der Waals surface area contributed by atoms with Gasteiger partial charge in [-0.05, 0) is 27.2 Å². The molecular weight excluding hydrogens is 310 g/mol. The molecule has 0 unspecified atom stereocenters. The zero-order chi connectivity index (χ0) is 16.7. The largest absolute Gasteiger partial charge is 0.500 e. The summed E-state index contributed by atoms with van der Waals surface area (Å²) in [5.41, 5.74) is 0. The molecule has 0 heterocycles. The summed E-state index contributed by atoms with van der Waals surface area (Å²) in [4.78, 5) is 10.5. The lowest BCUT2D eigenvalue weighted by molar-refractivity contribution is -0.371. The first-order valence-corrected chi connectivity index (χ1v) is 9.78. The van der Waals surface area contributed by atoms with Gasteiger partial charge < -0.3 is 23.5 Å². The molecule has 0 saturated carbocycles. The van der Waals surface area contributed by atoms with Gasteiger partial charge >= 0.3 is 8.80 Å². The quantitative estimate of drug-likeness (QED) is 0.311. The number of hydroxylamine groups is 2. The lowest BCUT2D eigenvalue weighted by Crippen LogP contribution is -2.46. The number of aliphatic hydroxyl groups excluding tert-OH is 2. The van der Waals surface area contributed by atoms with Crippen molar-refractivity contribution in [2.45, 2.75) is 33.2 Å². The van der Waals surface area contributed by atoms with Crippen LogP contribution >= 0.6 is 0 Å². The van der Waals surface area contributed by atoms with Crippen LogP contribution in [-0.4, -0.2) is 77.0 Å². The van der Waals surface area contributed by atoms with E-state index in [1.807, 2.05) is 20.8 Å². The third-order valence-electron chi connectivity index (χ3n) is 2.57. The van der Waals surface area contributed by atoms with Gasteiger partial charge in [0.2, 0.25) is 0 Å². The molecule has 0 aliphatic rings. The number of nitrogens with zero attached hydrogens (tertiary/aromatic N) is 1. The minimum atomic E-state index is -2.66. The molecule has 0 spiro atoms. The van der Waals surface area contributed by atoms with Crippen molar-refractivity contribution in [1.29, 1.82) is 0 Å². The van der Waals surface area contributed by atoms with Gasteiger partial charge in [0.05, 0.1) is 33.0 Å². The van der Waals surface area contributed by atoms with Crippen molar-refractivity contribution in [3.05, 3.63) is 0 Å². The SMILES string of the molecule is CCO[Si](CCCN(OCCO)OCCO)(OCC)OCC. The van der Waals surface area contributed by atoms with Crippen molar-refractivity contribution in [2.75, 3.05) is 52.8 Å². The zero-order valence-corrected chi connectivity index (χ0v) is 15.0. The summed E-state index contributed by atoms with van der Waals surface area (Å²) < 4.78 is 17.3. The van der Waals surface area contributed by atoms with Gasteiger partial charge in [-0.2, -0.15) is 0 Å². The van der Waals surface area contributed by atoms with Crippen molar-refractivity contribution in [2.24, 2.45) is 0 Å². The van der Waals surface area contributed by atoms with E-state index in [2.05, 4.69) is 0 Å². The van der Waals surface area contributed by atoms with Gasteiger partial charge in [0.25, 0.3) is 0 Å². The first-order valence-electron chi connectivity index (χ1n) is 7.84. The third kappa shape index (κ3) is 9.82. The summed E-state index contributed by atoms with van der Waals surface area (Å²) in [5.74, 6) is 0. The molecule has 0 aromatic rings. The van der Waals surface area contributed by atoms with E-state index in [0.717, 1.165) is 0 Å². The highest BCUT2D eigenvalue weighted by Crippen LogP contribution is 2.18. The third-order valence-corrected chi connectivity index (χ3v) is 5.72. The Morgan fingerprint density at radius 3 is 1.64 bits per heavy atom. The second kappa shape index (κ2) is 14.5. The van der Waals surface area contributed by atoms with Crippen molar-refractivity contribution >= 4 is 8.80 Å². The fourth-order valence-electron chi connectivity index (χ4n) is 1.88. The topological polar surface area (TPSA) is 89.9 Å². The molecule has 0 aliphatic carbocycles. The summed E-state index contributed by atoms with van der Waals surface area (Å²) in [7, 11) is -2.66. The second-order valence-corrected chi connectivity index (χ2v) is 6.99. The number of hydrogen-bond donors (Lipinski definition) is 2. The van der Waals surface area contributed by atoms with Crippen molar-refractivity contribution in [1.82, 2.24) is 5.23 Å². The molecule has 0 atom stereocenters. The normalized spacial score (nSPS) is 12.3. The van der Waals surface area contributed by atoms with Gasteiger partial charge in [0, 0.05) is 25.9 Å². The molecule has 22 heavy (non-hydrogen) atoms. The Hall–Kier alpha value is -0.103. The molecule has 0 aromatic carbocycles. The minimum Gasteiger partial charge on any atom is -0.394 e. The zero-order valence-electron chi connectivity index (χ0n) is 14.0. The molecule has 8 nitrogen and oxygen atoms in total. The lowest BCUT2D eigenvalue weighted by atomic mass is 10.5. The van der Waals surface area contributed by atoms with Crippen LogP contribution in [0.25, 0.3) is 0 Å².